The SMILES string of the molecule is CCN1CCN(C(=O)CNC(=O)Nc2ccccc2)CC1. The van der Waals surface area contributed by atoms with Gasteiger partial charge in [0.1, 0.15) is 0 Å². The minimum Gasteiger partial charge on any atom is -0.339 e. The number of carbonyl (C=O) groups excluding carboxylic acids is 2. The van der Waals surface area contributed by atoms with Gasteiger partial charge in [0, 0.05) is 31.9 Å². The number of urea groups is 1. The van der Waals surface area contributed by atoms with Crippen molar-refractivity contribution in [2.75, 3.05) is 44.6 Å². The minimum atomic E-state index is -0.359. The molecule has 0 saturated carbocycles. The average Bonchev–Trinajstić information content (AvgIpc) is 2.53. The predicted molar refractivity (Wildman–Crippen MR) is 82.2 cm³/mol. The molecule has 1 aliphatic rings. The summed E-state index contributed by atoms with van der Waals surface area (Å²) in [5, 5.41) is 5.29. The van der Waals surface area contributed by atoms with Gasteiger partial charge in [0.05, 0.1) is 6.54 Å². The maximum Gasteiger partial charge on any atom is 0.319 e. The summed E-state index contributed by atoms with van der Waals surface area (Å²) in [5.74, 6) is -0.0334. The number of rotatable bonds is 4. The molecule has 1 heterocycles. The first-order chi connectivity index (χ1) is 10.2. The van der Waals surface area contributed by atoms with Crippen LogP contribution >= 0.6 is 0 Å². The number of piperazine rings is 1. The predicted octanol–water partition coefficient (Wildman–Crippen LogP) is 0.972. The fraction of sp³-hybridized carbons (Fsp3) is 0.467. The molecular weight excluding hydrogens is 268 g/mol. The number of hydrogen-bond acceptors (Lipinski definition) is 3. The Kier molecular flexibility index (Phi) is 5.57. The molecular formula is C15H22N4O2. The summed E-state index contributed by atoms with van der Waals surface area (Å²) < 4.78 is 0. The van der Waals surface area contributed by atoms with Gasteiger partial charge in [-0.25, -0.2) is 4.79 Å². The van der Waals surface area contributed by atoms with Crippen molar-refractivity contribution in [2.45, 2.75) is 6.92 Å². The summed E-state index contributed by atoms with van der Waals surface area (Å²) in [7, 11) is 0. The van der Waals surface area contributed by atoms with Crippen LogP contribution in [0.15, 0.2) is 30.3 Å². The van der Waals surface area contributed by atoms with Gasteiger partial charge in [0.25, 0.3) is 0 Å². The molecule has 1 fully saturated rings. The van der Waals surface area contributed by atoms with Crippen LogP contribution in [0.4, 0.5) is 10.5 Å². The summed E-state index contributed by atoms with van der Waals surface area (Å²) in [4.78, 5) is 27.8. The van der Waals surface area contributed by atoms with Gasteiger partial charge in [-0.2, -0.15) is 0 Å². The first-order valence-corrected chi connectivity index (χ1v) is 7.29. The van der Waals surface area contributed by atoms with E-state index in [0.717, 1.165) is 32.7 Å². The number of benzene rings is 1. The molecule has 1 aromatic carbocycles. The Morgan fingerprint density at radius 3 is 2.38 bits per heavy atom. The zero-order valence-electron chi connectivity index (χ0n) is 12.3. The summed E-state index contributed by atoms with van der Waals surface area (Å²) in [6.07, 6.45) is 0. The van der Waals surface area contributed by atoms with E-state index in [9.17, 15) is 9.59 Å². The topological polar surface area (TPSA) is 64.7 Å². The Bertz CT molecular complexity index is 470. The van der Waals surface area contributed by atoms with Crippen molar-refractivity contribution in [1.29, 1.82) is 0 Å². The molecule has 1 saturated heterocycles. The number of nitrogens with one attached hydrogen (secondary N) is 2. The molecule has 0 radical (unpaired) electrons. The fourth-order valence-corrected chi connectivity index (χ4v) is 2.28. The van der Waals surface area contributed by atoms with Crippen molar-refractivity contribution in [3.8, 4) is 0 Å². The van der Waals surface area contributed by atoms with Gasteiger partial charge in [-0.3, -0.25) is 4.79 Å². The maximum atomic E-state index is 12.0. The molecule has 6 nitrogen and oxygen atoms in total. The number of anilines is 1. The number of para-hydroxylation sites is 1. The zero-order valence-corrected chi connectivity index (χ0v) is 12.3. The normalized spacial score (nSPS) is 15.6. The van der Waals surface area contributed by atoms with Gasteiger partial charge in [-0.1, -0.05) is 25.1 Å². The van der Waals surface area contributed by atoms with Crippen molar-refractivity contribution < 1.29 is 9.59 Å². The first kappa shape index (κ1) is 15.3. The second-order valence-electron chi connectivity index (χ2n) is 4.99. The second kappa shape index (κ2) is 7.64. The largest absolute Gasteiger partial charge is 0.339 e. The van der Waals surface area contributed by atoms with E-state index in [1.807, 2.05) is 18.2 Å². The zero-order chi connectivity index (χ0) is 15.1. The number of amides is 3. The average molecular weight is 290 g/mol. The lowest BCUT2D eigenvalue weighted by Crippen LogP contribution is -2.51. The Morgan fingerprint density at radius 2 is 1.76 bits per heavy atom. The van der Waals surface area contributed by atoms with Gasteiger partial charge in [-0.05, 0) is 18.7 Å². The maximum absolute atomic E-state index is 12.0. The molecule has 0 atom stereocenters. The lowest BCUT2D eigenvalue weighted by Gasteiger charge is -2.34. The van der Waals surface area contributed by atoms with E-state index in [4.69, 9.17) is 0 Å². The fourth-order valence-electron chi connectivity index (χ4n) is 2.28. The smallest absolute Gasteiger partial charge is 0.319 e. The molecule has 1 aliphatic heterocycles. The molecule has 0 unspecified atom stereocenters. The molecule has 2 rings (SSSR count). The van der Waals surface area contributed by atoms with Crippen LogP contribution < -0.4 is 10.6 Å². The van der Waals surface area contributed by atoms with Crippen molar-refractivity contribution in [2.24, 2.45) is 0 Å². The van der Waals surface area contributed by atoms with Crippen LogP contribution in [0.5, 0.6) is 0 Å². The summed E-state index contributed by atoms with van der Waals surface area (Å²) in [6, 6.07) is 8.79. The third-order valence-corrected chi connectivity index (χ3v) is 3.60. The van der Waals surface area contributed by atoms with Crippen molar-refractivity contribution in [1.82, 2.24) is 15.1 Å². The lowest BCUT2D eigenvalue weighted by molar-refractivity contribution is -0.131. The number of carbonyl (C=O) groups is 2. The highest BCUT2D eigenvalue weighted by Crippen LogP contribution is 2.04. The highest BCUT2D eigenvalue weighted by molar-refractivity contribution is 5.92. The van der Waals surface area contributed by atoms with Gasteiger partial charge in [-0.15, -0.1) is 0 Å². The van der Waals surface area contributed by atoms with Gasteiger partial charge >= 0.3 is 6.03 Å². The monoisotopic (exact) mass is 290 g/mol. The number of nitrogens with zero attached hydrogens (tertiary/aromatic N) is 2. The first-order valence-electron chi connectivity index (χ1n) is 7.29. The van der Waals surface area contributed by atoms with Crippen LogP contribution in [0.1, 0.15) is 6.92 Å². The standard InChI is InChI=1S/C15H22N4O2/c1-2-18-8-10-19(11-9-18)14(20)12-16-15(21)17-13-6-4-3-5-7-13/h3-7H,2,8-12H2,1H3,(H2,16,17,21). The third-order valence-electron chi connectivity index (χ3n) is 3.60. The lowest BCUT2D eigenvalue weighted by atomic mass is 10.3. The second-order valence-corrected chi connectivity index (χ2v) is 4.99. The molecule has 1 aromatic rings. The van der Waals surface area contributed by atoms with Crippen LogP contribution in [-0.4, -0.2) is 61.0 Å². The summed E-state index contributed by atoms with van der Waals surface area (Å²) >= 11 is 0. The van der Waals surface area contributed by atoms with E-state index in [0.29, 0.717) is 5.69 Å². The summed E-state index contributed by atoms with van der Waals surface area (Å²) in [5.41, 5.74) is 0.707. The Hall–Kier alpha value is -2.08. The van der Waals surface area contributed by atoms with Gasteiger partial charge in [0.15, 0.2) is 0 Å². The molecule has 6 heteroatoms. The molecule has 114 valence electrons. The number of likely N-dealkylation sites (N-methyl/N-ethyl adjacent to an activating group) is 1. The Labute approximate surface area is 125 Å². The van der Waals surface area contributed by atoms with Crippen LogP contribution in [0.2, 0.25) is 0 Å². The van der Waals surface area contributed by atoms with Crippen molar-refractivity contribution in [3.05, 3.63) is 30.3 Å². The van der Waals surface area contributed by atoms with E-state index >= 15 is 0 Å². The van der Waals surface area contributed by atoms with E-state index in [-0.39, 0.29) is 18.5 Å². The minimum absolute atomic E-state index is 0.0325. The molecule has 0 spiro atoms. The van der Waals surface area contributed by atoms with Crippen LogP contribution in [0.3, 0.4) is 0 Å². The van der Waals surface area contributed by atoms with E-state index in [2.05, 4.69) is 22.5 Å². The number of hydrogen-bond donors (Lipinski definition) is 2. The highest BCUT2D eigenvalue weighted by Gasteiger charge is 2.20. The quantitative estimate of drug-likeness (QED) is 0.868. The Morgan fingerprint density at radius 1 is 1.10 bits per heavy atom. The van der Waals surface area contributed by atoms with Crippen molar-refractivity contribution >= 4 is 17.6 Å². The van der Waals surface area contributed by atoms with Crippen LogP contribution in [-0.2, 0) is 4.79 Å². The molecule has 21 heavy (non-hydrogen) atoms. The molecule has 0 aromatic heterocycles. The van der Waals surface area contributed by atoms with E-state index in [1.54, 1.807) is 17.0 Å². The van der Waals surface area contributed by atoms with E-state index < -0.39 is 0 Å². The van der Waals surface area contributed by atoms with E-state index in [1.165, 1.54) is 0 Å². The molecule has 0 aliphatic carbocycles. The summed E-state index contributed by atoms with van der Waals surface area (Å²) in [6.45, 7) is 6.43. The van der Waals surface area contributed by atoms with Gasteiger partial charge < -0.3 is 20.4 Å². The molecule has 0 bridgehead atoms. The van der Waals surface area contributed by atoms with Gasteiger partial charge in [0.2, 0.25) is 5.91 Å². The van der Waals surface area contributed by atoms with Crippen LogP contribution in [0, 0.1) is 0 Å². The Balaban J connectivity index is 1.70. The highest BCUT2D eigenvalue weighted by atomic mass is 16.2. The van der Waals surface area contributed by atoms with Crippen molar-refractivity contribution in [3.63, 3.8) is 0 Å². The van der Waals surface area contributed by atoms with Crippen LogP contribution in [0.25, 0.3) is 0 Å². The third kappa shape index (κ3) is 4.75. The molecule has 2 N–H and O–H groups in total. The molecule has 3 amide bonds.